The summed E-state index contributed by atoms with van der Waals surface area (Å²) in [6, 6.07) is 64.5. The zero-order chi connectivity index (χ0) is 59.8. The van der Waals surface area contributed by atoms with Crippen molar-refractivity contribution in [2.45, 2.75) is 149 Å². The lowest BCUT2D eigenvalue weighted by molar-refractivity contribution is 0.701. The van der Waals surface area contributed by atoms with Gasteiger partial charge in [0.25, 0.3) is 0 Å². The van der Waals surface area contributed by atoms with Gasteiger partial charge in [-0.05, 0) is 165 Å². The molecule has 0 aliphatic heterocycles. The summed E-state index contributed by atoms with van der Waals surface area (Å²) in [5.41, 5.74) is 28.2. The average Bonchev–Trinajstić information content (AvgIpc) is 1.79. The highest BCUT2D eigenvalue weighted by atomic mass is 14.5. The van der Waals surface area contributed by atoms with E-state index in [1.165, 1.54) is 130 Å². The number of fused-ring (bicyclic) bond motifs is 10. The maximum absolute atomic E-state index is 2.40. The van der Waals surface area contributed by atoms with E-state index in [-0.39, 0.29) is 5.41 Å². The molecule has 0 saturated carbocycles. The van der Waals surface area contributed by atoms with Crippen LogP contribution < -0.4 is 0 Å². The highest BCUT2D eigenvalue weighted by molar-refractivity contribution is 5.95. The van der Waals surface area contributed by atoms with Gasteiger partial charge in [-0.3, -0.25) is 0 Å². The Morgan fingerprint density at radius 1 is 0.524 bits per heavy atom. The number of unbranched alkanes of at least 4 members (excludes halogenated alkanes) is 1. The first-order chi connectivity index (χ1) is 40.0. The Kier molecular flexibility index (Phi) is 26.1. The highest BCUT2D eigenvalue weighted by Gasteiger charge is 2.51. The predicted octanol–water partition coefficient (Wildman–Crippen LogP) is 24.7. The van der Waals surface area contributed by atoms with Crippen molar-refractivity contribution in [3.05, 3.63) is 285 Å². The summed E-state index contributed by atoms with van der Waals surface area (Å²) in [6.07, 6.45) is 23.0. The van der Waals surface area contributed by atoms with Crippen LogP contribution in [0.25, 0.3) is 56.7 Å². The van der Waals surface area contributed by atoms with Gasteiger partial charge in [-0.15, -0.1) is 0 Å². The van der Waals surface area contributed by atoms with E-state index in [2.05, 4.69) is 287 Å². The average molecular weight is 1080 g/mol. The molecule has 11 rings (SSSR count). The fraction of sp³-hybridized carbons (Fsp3) is 0.293. The minimum atomic E-state index is -0.189. The van der Waals surface area contributed by atoms with Gasteiger partial charge in [0.1, 0.15) is 0 Å². The first kappa shape index (κ1) is 65.3. The summed E-state index contributed by atoms with van der Waals surface area (Å²) in [5.74, 6) is 1.28. The second-order valence-corrected chi connectivity index (χ2v) is 21.0. The summed E-state index contributed by atoms with van der Waals surface area (Å²) in [6.45, 7) is 36.0. The Balaban J connectivity index is 0.000000214. The molecule has 0 heterocycles. The van der Waals surface area contributed by atoms with Crippen LogP contribution in [0.4, 0.5) is 0 Å². The maximum atomic E-state index is 2.40. The van der Waals surface area contributed by atoms with Crippen molar-refractivity contribution in [1.82, 2.24) is 0 Å². The Labute approximate surface area is 499 Å². The molecule has 426 valence electrons. The van der Waals surface area contributed by atoms with Crippen molar-refractivity contribution >= 4 is 12.2 Å². The summed E-state index contributed by atoms with van der Waals surface area (Å²) in [7, 11) is 0. The van der Waals surface area contributed by atoms with Crippen molar-refractivity contribution in [3.8, 4) is 44.5 Å². The van der Waals surface area contributed by atoms with E-state index < -0.39 is 0 Å². The molecule has 0 heteroatoms. The molecular weight excluding hydrogens is 985 g/mol. The Morgan fingerprint density at radius 2 is 1.02 bits per heavy atom. The van der Waals surface area contributed by atoms with E-state index >= 15 is 0 Å². The van der Waals surface area contributed by atoms with Crippen LogP contribution in [-0.4, -0.2) is 0 Å². The lowest BCUT2D eigenvalue weighted by Gasteiger charge is -2.30. The quantitative estimate of drug-likeness (QED) is 0.120. The van der Waals surface area contributed by atoms with Crippen LogP contribution in [-0.2, 0) is 5.41 Å². The van der Waals surface area contributed by atoms with E-state index in [1.54, 1.807) is 0 Å². The van der Waals surface area contributed by atoms with Crippen molar-refractivity contribution in [2.75, 3.05) is 0 Å². The molecule has 1 spiro atoms. The third-order valence-corrected chi connectivity index (χ3v) is 15.6. The lowest BCUT2D eigenvalue weighted by Crippen LogP contribution is -2.25. The molecule has 0 radical (unpaired) electrons. The molecule has 0 aromatic heterocycles. The van der Waals surface area contributed by atoms with Crippen LogP contribution in [0.3, 0.4) is 0 Å². The van der Waals surface area contributed by atoms with Gasteiger partial charge in [0.05, 0.1) is 5.41 Å². The number of hydrogen-bond acceptors (Lipinski definition) is 0. The molecule has 2 unspecified atom stereocenters. The van der Waals surface area contributed by atoms with Crippen molar-refractivity contribution in [1.29, 1.82) is 0 Å². The second-order valence-electron chi connectivity index (χ2n) is 21.0. The Hall–Kier alpha value is -7.54. The van der Waals surface area contributed by atoms with Gasteiger partial charge in [0.15, 0.2) is 0 Å². The zero-order valence-electron chi connectivity index (χ0n) is 53.3. The summed E-state index contributed by atoms with van der Waals surface area (Å²) >= 11 is 0. The van der Waals surface area contributed by atoms with Crippen LogP contribution in [0.15, 0.2) is 224 Å². The predicted molar refractivity (Wildman–Crippen MR) is 367 cm³/mol. The number of hydrogen-bond donors (Lipinski definition) is 0. The molecule has 8 aromatic rings. The van der Waals surface area contributed by atoms with E-state index in [1.807, 2.05) is 55.4 Å². The Bertz CT molecular complexity index is 3350. The lowest BCUT2D eigenvalue weighted by atomic mass is 9.70. The molecule has 3 aliphatic carbocycles. The van der Waals surface area contributed by atoms with Gasteiger partial charge >= 0.3 is 0 Å². The number of aryl methyl sites for hydroxylation is 4. The molecule has 82 heavy (non-hydrogen) atoms. The van der Waals surface area contributed by atoms with Crippen LogP contribution >= 0.6 is 0 Å². The monoisotopic (exact) mass is 1080 g/mol. The van der Waals surface area contributed by atoms with Gasteiger partial charge in [-0.25, -0.2) is 0 Å². The molecule has 0 N–H and O–H groups in total. The molecule has 0 fully saturated rings. The highest BCUT2D eigenvalue weighted by Crippen LogP contribution is 2.62. The minimum absolute atomic E-state index is 0.189. The van der Waals surface area contributed by atoms with E-state index in [4.69, 9.17) is 0 Å². The first-order valence-corrected chi connectivity index (χ1v) is 31.2. The Morgan fingerprint density at radius 3 is 1.54 bits per heavy atom. The van der Waals surface area contributed by atoms with Gasteiger partial charge in [0.2, 0.25) is 0 Å². The van der Waals surface area contributed by atoms with E-state index in [0.717, 1.165) is 12.8 Å². The zero-order valence-corrected chi connectivity index (χ0v) is 53.3. The topological polar surface area (TPSA) is 0 Å². The fourth-order valence-electron chi connectivity index (χ4n) is 11.2. The van der Waals surface area contributed by atoms with E-state index in [0.29, 0.717) is 11.8 Å². The molecule has 2 atom stereocenters. The normalized spacial score (nSPS) is 13.9. The molecule has 0 saturated heterocycles. The maximum Gasteiger partial charge on any atom is 0.0725 e. The third-order valence-electron chi connectivity index (χ3n) is 15.6. The summed E-state index contributed by atoms with van der Waals surface area (Å²) < 4.78 is 0. The largest absolute Gasteiger partial charge is 0.0811 e. The minimum Gasteiger partial charge on any atom is -0.0811 e. The van der Waals surface area contributed by atoms with Gasteiger partial charge in [-0.2, -0.15) is 0 Å². The molecule has 0 bridgehead atoms. The molecular formula is C82H98. The molecule has 8 aromatic carbocycles. The van der Waals surface area contributed by atoms with Gasteiger partial charge in [0, 0.05) is 0 Å². The number of rotatable bonds is 10. The van der Waals surface area contributed by atoms with Crippen molar-refractivity contribution in [2.24, 2.45) is 11.8 Å². The molecule has 3 aliphatic rings. The second kappa shape index (κ2) is 32.8. The molecule has 0 amide bonds. The fourth-order valence-corrected chi connectivity index (χ4v) is 11.2. The van der Waals surface area contributed by atoms with Crippen LogP contribution in [0, 0.1) is 46.5 Å². The van der Waals surface area contributed by atoms with Crippen molar-refractivity contribution < 1.29 is 0 Å². The van der Waals surface area contributed by atoms with Crippen LogP contribution in [0.1, 0.15) is 170 Å². The van der Waals surface area contributed by atoms with Crippen LogP contribution in [0.5, 0.6) is 0 Å². The molecule has 0 nitrogen and oxygen atoms in total. The SMILES string of the molecule is CC.CC.CC.CC.CCC(C)/C=C\c1ccc(C)c(-c2ccccc2C)c1C.CCC/C=C(\C=C/c1ccc(-c2ccc(C)cc2)cc1)C1=CCC(C)C=C1.Cc1ccc2c(c1)C1(c3ccccc3-c3ccccc31)c1ccccc1-2. The smallest absolute Gasteiger partial charge is 0.0725 e. The number of benzene rings is 8. The first-order valence-electron chi connectivity index (χ1n) is 31.2. The summed E-state index contributed by atoms with van der Waals surface area (Å²) in [5, 5.41) is 0. The van der Waals surface area contributed by atoms with Crippen LogP contribution in [0.2, 0.25) is 0 Å². The standard InChI is InChI=1S/C27H30.C26H18.C21H26.4C2H6/c1-4-5-6-24(25-14-7-21(2)8-15-25)18-11-23-12-19-27(20-13-23)26-16-9-22(3)10-17-26;1-17-14-15-21-20-10-4-7-13-24(20)26(25(21)16-17)22-11-5-2-8-18(22)19-9-3-6-12-23(19)26;1-6-15(2)11-13-19-14-12-17(4)21(18(19)5)20-10-8-7-9-16(20)3;4*1-2/h6-7,9-21H,4-5,8H2,1-3H3;2-16H,1H3;7-15H,6H2,1-5H3;4*1-2H3/b18-11-,24-6+;;13-11-;;;;. The van der Waals surface area contributed by atoms with Gasteiger partial charge < -0.3 is 0 Å². The summed E-state index contributed by atoms with van der Waals surface area (Å²) in [4.78, 5) is 0. The third kappa shape index (κ3) is 15.1. The number of allylic oxidation sites excluding steroid dienone is 8. The van der Waals surface area contributed by atoms with Gasteiger partial charge in [-0.1, -0.05) is 332 Å². The van der Waals surface area contributed by atoms with E-state index in [9.17, 15) is 0 Å². The van der Waals surface area contributed by atoms with Crippen molar-refractivity contribution in [3.63, 3.8) is 0 Å².